The molecule has 2 aromatic rings. The van der Waals surface area contributed by atoms with Crippen molar-refractivity contribution in [2.75, 3.05) is 25.1 Å². The largest absolute Gasteiger partial charge is 0.493 e. The Bertz CT molecular complexity index is 1260. The molecule has 4 unspecified atom stereocenters. The van der Waals surface area contributed by atoms with E-state index in [9.17, 15) is 10.2 Å². The summed E-state index contributed by atoms with van der Waals surface area (Å²) in [5.41, 5.74) is -1.18. The lowest BCUT2D eigenvalue weighted by Gasteiger charge is -2.32. The van der Waals surface area contributed by atoms with E-state index in [4.69, 9.17) is 9.47 Å². The number of aryl methyl sites for hydroxylation is 1. The molecule has 11 heteroatoms. The highest BCUT2D eigenvalue weighted by atomic mass is 19.1. The quantitative estimate of drug-likeness (QED) is 0.595. The number of ether oxygens (including phenoxy) is 2. The molecular weight excluding hydrogens is 448 g/mol. The lowest BCUT2D eigenvalue weighted by Crippen LogP contribution is -2.45. The molecule has 0 aromatic carbocycles. The minimum atomic E-state index is -1.30. The van der Waals surface area contributed by atoms with Gasteiger partial charge in [-0.1, -0.05) is 0 Å². The number of anilines is 1. The third-order valence-corrected chi connectivity index (χ3v) is 6.58. The Hall–Kier alpha value is -2.63. The van der Waals surface area contributed by atoms with Crippen molar-refractivity contribution in [2.24, 2.45) is 0 Å². The van der Waals surface area contributed by atoms with Crippen LogP contribution in [0.2, 0.25) is 0 Å². The molecule has 0 amide bonds. The number of nitrogens with zero attached hydrogens (tertiary/aromatic N) is 4. The van der Waals surface area contributed by atoms with E-state index in [-0.39, 0.29) is 54.4 Å². The van der Waals surface area contributed by atoms with Crippen molar-refractivity contribution in [1.29, 1.82) is 0 Å². The number of hydrogen-bond donors (Lipinski definition) is 3. The second-order valence-corrected chi connectivity index (χ2v) is 9.76. The molecule has 3 aliphatic rings. The Kier molecular flexibility index (Phi) is 5.61. The van der Waals surface area contributed by atoms with Crippen molar-refractivity contribution in [3.05, 3.63) is 33.7 Å². The molecule has 1 saturated heterocycles. The Morgan fingerprint density at radius 1 is 1.18 bits per heavy atom. The molecule has 0 radical (unpaired) electrons. The van der Waals surface area contributed by atoms with E-state index in [1.54, 1.807) is 18.4 Å². The Balaban J connectivity index is 1.64. The van der Waals surface area contributed by atoms with Gasteiger partial charge in [0.2, 0.25) is 5.95 Å². The molecule has 0 saturated carbocycles. The fraction of sp³-hybridized carbons (Fsp3) is 0.609. The molecule has 0 bridgehead atoms. The number of aliphatic hydroxyl groups is 2. The van der Waals surface area contributed by atoms with Gasteiger partial charge in [0, 0.05) is 13.0 Å². The highest BCUT2D eigenvalue weighted by Gasteiger charge is 2.38. The molecule has 0 spiro atoms. The van der Waals surface area contributed by atoms with E-state index in [0.29, 0.717) is 30.0 Å². The SMILES string of the molecule is Cc1nc(NC2CCOCC2O)nc(C2CC(F)=c3nc(C(C)(C)O)n4c3=C2OCC4C)c1F. The highest BCUT2D eigenvalue weighted by Crippen LogP contribution is 2.38. The van der Waals surface area contributed by atoms with Crippen LogP contribution in [0.25, 0.3) is 11.6 Å². The van der Waals surface area contributed by atoms with Crippen molar-refractivity contribution in [3.8, 4) is 0 Å². The molecule has 4 heterocycles. The standard InChI is InChI=1S/C23H29F2N5O4/c1-10-8-34-20-12(7-13(24)18-19(20)30(10)21(28-18)23(3,4)32)17-16(25)11(2)26-22(29-17)27-14-5-6-33-9-15(14)31/h10,12,14-15,31-32H,5-9H2,1-4H3,(H,26,27,29). The summed E-state index contributed by atoms with van der Waals surface area (Å²) >= 11 is 0. The third kappa shape index (κ3) is 3.75. The molecule has 34 heavy (non-hydrogen) atoms. The molecule has 3 N–H and O–H groups in total. The predicted octanol–water partition coefficient (Wildman–Crippen LogP) is 0.874. The van der Waals surface area contributed by atoms with Crippen LogP contribution in [0.5, 0.6) is 0 Å². The molecule has 9 nitrogen and oxygen atoms in total. The number of nitrogens with one attached hydrogen (secondary N) is 1. The van der Waals surface area contributed by atoms with Crippen LogP contribution in [0.15, 0.2) is 0 Å². The van der Waals surface area contributed by atoms with Crippen LogP contribution >= 0.6 is 0 Å². The zero-order valence-electron chi connectivity index (χ0n) is 19.6. The summed E-state index contributed by atoms with van der Waals surface area (Å²) in [6, 6.07) is -0.542. The van der Waals surface area contributed by atoms with Crippen LogP contribution in [-0.4, -0.2) is 61.7 Å². The smallest absolute Gasteiger partial charge is 0.223 e. The first-order valence-corrected chi connectivity index (χ1v) is 11.5. The average Bonchev–Trinajstić information content (AvgIpc) is 3.19. The van der Waals surface area contributed by atoms with Gasteiger partial charge in [-0.2, -0.15) is 0 Å². The summed E-state index contributed by atoms with van der Waals surface area (Å²) in [5, 5.41) is 24.5. The first-order chi connectivity index (χ1) is 16.1. The van der Waals surface area contributed by atoms with Crippen LogP contribution in [0.3, 0.4) is 0 Å². The van der Waals surface area contributed by atoms with Crippen LogP contribution in [-0.2, 0) is 15.1 Å². The minimum Gasteiger partial charge on any atom is -0.493 e. The fourth-order valence-corrected chi connectivity index (χ4v) is 4.86. The normalized spacial score (nSPS) is 26.8. The molecule has 184 valence electrons. The number of imidazole rings is 1. The summed E-state index contributed by atoms with van der Waals surface area (Å²) in [7, 11) is 0. The second-order valence-electron chi connectivity index (χ2n) is 9.76. The zero-order chi connectivity index (χ0) is 24.4. The molecule has 2 aliphatic heterocycles. The summed E-state index contributed by atoms with van der Waals surface area (Å²) in [4.78, 5) is 13.0. The molecule has 1 fully saturated rings. The van der Waals surface area contributed by atoms with Crippen molar-refractivity contribution < 1.29 is 28.5 Å². The van der Waals surface area contributed by atoms with E-state index in [2.05, 4.69) is 20.3 Å². The summed E-state index contributed by atoms with van der Waals surface area (Å²) in [6.45, 7) is 7.54. The number of aromatic nitrogens is 4. The van der Waals surface area contributed by atoms with Crippen molar-refractivity contribution >= 4 is 17.5 Å². The second kappa shape index (κ2) is 8.24. The van der Waals surface area contributed by atoms with E-state index in [1.165, 1.54) is 6.92 Å². The average molecular weight is 478 g/mol. The van der Waals surface area contributed by atoms with Crippen LogP contribution in [0.4, 0.5) is 14.7 Å². The minimum absolute atomic E-state index is 0.0134. The van der Waals surface area contributed by atoms with Crippen LogP contribution < -0.4 is 16.0 Å². The molecular formula is C23H29F2N5O4. The maximum atomic E-state index is 15.4. The predicted molar refractivity (Wildman–Crippen MR) is 118 cm³/mol. The summed E-state index contributed by atoms with van der Waals surface area (Å²) < 4.78 is 43.8. The monoisotopic (exact) mass is 477 g/mol. The highest BCUT2D eigenvalue weighted by molar-refractivity contribution is 5.58. The van der Waals surface area contributed by atoms with E-state index < -0.39 is 29.3 Å². The number of halogens is 2. The number of hydrogen-bond acceptors (Lipinski definition) is 8. The lowest BCUT2D eigenvalue weighted by molar-refractivity contribution is -0.0136. The summed E-state index contributed by atoms with van der Waals surface area (Å²) in [5.74, 6) is -1.12. The van der Waals surface area contributed by atoms with Gasteiger partial charge in [-0.05, 0) is 34.1 Å². The Morgan fingerprint density at radius 2 is 1.94 bits per heavy atom. The maximum absolute atomic E-state index is 15.4. The van der Waals surface area contributed by atoms with Gasteiger partial charge >= 0.3 is 0 Å². The first kappa shape index (κ1) is 23.1. The molecule has 4 atom stereocenters. The zero-order valence-corrected chi connectivity index (χ0v) is 19.6. The van der Waals surface area contributed by atoms with Gasteiger partial charge in [0.1, 0.15) is 40.3 Å². The topological polar surface area (TPSA) is 115 Å². The van der Waals surface area contributed by atoms with Gasteiger partial charge < -0.3 is 29.6 Å². The van der Waals surface area contributed by atoms with E-state index in [1.807, 2.05) is 6.92 Å². The van der Waals surface area contributed by atoms with Crippen LogP contribution in [0, 0.1) is 12.7 Å². The molecule has 5 rings (SSSR count). The lowest BCUT2D eigenvalue weighted by atomic mass is 9.92. The number of rotatable bonds is 4. The number of aliphatic hydroxyl groups excluding tert-OH is 1. The van der Waals surface area contributed by atoms with Gasteiger partial charge in [-0.15, -0.1) is 0 Å². The first-order valence-electron chi connectivity index (χ1n) is 11.5. The van der Waals surface area contributed by atoms with Crippen molar-refractivity contribution in [1.82, 2.24) is 19.5 Å². The van der Waals surface area contributed by atoms with Gasteiger partial charge in [0.15, 0.2) is 5.82 Å². The van der Waals surface area contributed by atoms with Gasteiger partial charge in [-0.3, -0.25) is 0 Å². The third-order valence-electron chi connectivity index (χ3n) is 6.58. The summed E-state index contributed by atoms with van der Waals surface area (Å²) in [6.07, 6.45) is -0.379. The molecule has 2 aromatic heterocycles. The van der Waals surface area contributed by atoms with Gasteiger partial charge in [0.05, 0.1) is 42.1 Å². The maximum Gasteiger partial charge on any atom is 0.223 e. The Morgan fingerprint density at radius 3 is 2.65 bits per heavy atom. The Labute approximate surface area is 195 Å². The van der Waals surface area contributed by atoms with E-state index in [0.717, 1.165) is 0 Å². The van der Waals surface area contributed by atoms with E-state index >= 15 is 8.78 Å². The van der Waals surface area contributed by atoms with Gasteiger partial charge in [0.25, 0.3) is 0 Å². The molecule has 1 aliphatic carbocycles. The van der Waals surface area contributed by atoms with Crippen molar-refractivity contribution in [3.63, 3.8) is 0 Å². The van der Waals surface area contributed by atoms with Crippen molar-refractivity contribution in [2.45, 2.75) is 70.2 Å². The fourth-order valence-electron chi connectivity index (χ4n) is 4.86. The van der Waals surface area contributed by atoms with Gasteiger partial charge in [-0.25, -0.2) is 23.7 Å². The van der Waals surface area contributed by atoms with Crippen LogP contribution in [0.1, 0.15) is 62.8 Å².